The average molecular weight is 431 g/mol. The van der Waals surface area contributed by atoms with Crippen LogP contribution in [0.3, 0.4) is 0 Å². The molecule has 0 unspecified atom stereocenters. The number of hydrogen-bond donors (Lipinski definition) is 1. The summed E-state index contributed by atoms with van der Waals surface area (Å²) in [5, 5.41) is 3.57. The highest BCUT2D eigenvalue weighted by atomic mass is 79.9. The summed E-state index contributed by atoms with van der Waals surface area (Å²) in [6.07, 6.45) is 7.34. The predicted octanol–water partition coefficient (Wildman–Crippen LogP) is 5.10. The van der Waals surface area contributed by atoms with Crippen molar-refractivity contribution >= 4 is 45.2 Å². The molecular weight excluding hydrogens is 412 g/mol. The Morgan fingerprint density at radius 3 is 2.58 bits per heavy atom. The number of nitrogens with zero attached hydrogens (tertiary/aromatic N) is 1. The quantitative estimate of drug-likeness (QED) is 0.543. The molecule has 0 spiro atoms. The van der Waals surface area contributed by atoms with Crippen molar-refractivity contribution in [2.24, 2.45) is 0 Å². The van der Waals surface area contributed by atoms with Gasteiger partial charge < -0.3 is 9.73 Å². The summed E-state index contributed by atoms with van der Waals surface area (Å²) in [5.41, 5.74) is 1.47. The second-order valence-corrected chi connectivity index (χ2v) is 7.97. The Morgan fingerprint density at radius 2 is 1.85 bits per heavy atom. The first-order valence-electron chi connectivity index (χ1n) is 8.84. The van der Waals surface area contributed by atoms with Crippen molar-refractivity contribution in [2.75, 3.05) is 0 Å². The number of carbonyl (C=O) groups is 1. The van der Waals surface area contributed by atoms with E-state index in [1.54, 1.807) is 11.0 Å². The summed E-state index contributed by atoms with van der Waals surface area (Å²) < 4.78 is 6.91. The molecule has 2 aliphatic rings. The molecule has 4 nitrogen and oxygen atoms in total. The number of thiocarbonyl (C=S) groups is 1. The first-order chi connectivity index (χ1) is 12.6. The largest absolute Gasteiger partial charge is 0.457 e. The van der Waals surface area contributed by atoms with Crippen molar-refractivity contribution < 1.29 is 9.21 Å². The smallest absolute Gasteiger partial charge is 0.276 e. The highest BCUT2D eigenvalue weighted by Gasteiger charge is 2.36. The zero-order chi connectivity index (χ0) is 18.1. The second-order valence-electron chi connectivity index (χ2n) is 6.66. The Kier molecular flexibility index (Phi) is 4.96. The van der Waals surface area contributed by atoms with Crippen molar-refractivity contribution in [1.29, 1.82) is 0 Å². The Labute approximate surface area is 166 Å². The topological polar surface area (TPSA) is 45.5 Å². The molecule has 1 aliphatic carbocycles. The lowest BCUT2D eigenvalue weighted by molar-refractivity contribution is -0.124. The Hall–Kier alpha value is -1.92. The summed E-state index contributed by atoms with van der Waals surface area (Å²) in [6, 6.07) is 11.9. The number of rotatable bonds is 3. The lowest BCUT2D eigenvalue weighted by atomic mass is 9.94. The SMILES string of the molecule is O=C1/C(=C/c2ccc(-c3ccc(Br)cc3)o2)NC(=S)N1C1CCCCC1. The number of benzene rings is 1. The third-order valence-corrected chi connectivity index (χ3v) is 5.72. The van der Waals surface area contributed by atoms with Crippen LogP contribution < -0.4 is 5.32 Å². The van der Waals surface area contributed by atoms with Gasteiger partial charge in [-0.25, -0.2) is 0 Å². The van der Waals surface area contributed by atoms with Crippen molar-refractivity contribution in [3.63, 3.8) is 0 Å². The van der Waals surface area contributed by atoms with E-state index < -0.39 is 0 Å². The molecule has 2 fully saturated rings. The maximum absolute atomic E-state index is 12.8. The number of hydrogen-bond acceptors (Lipinski definition) is 3. The lowest BCUT2D eigenvalue weighted by Crippen LogP contribution is -2.41. The number of halogens is 1. The van der Waals surface area contributed by atoms with Gasteiger partial charge in [0.25, 0.3) is 5.91 Å². The van der Waals surface area contributed by atoms with Gasteiger partial charge in [-0.15, -0.1) is 0 Å². The number of carbonyl (C=O) groups excluding carboxylic acids is 1. The molecule has 134 valence electrons. The zero-order valence-electron chi connectivity index (χ0n) is 14.2. The van der Waals surface area contributed by atoms with E-state index in [1.165, 1.54) is 6.42 Å². The van der Waals surface area contributed by atoms with Crippen molar-refractivity contribution in [3.8, 4) is 11.3 Å². The third-order valence-electron chi connectivity index (χ3n) is 4.89. The summed E-state index contributed by atoms with van der Waals surface area (Å²) in [6.45, 7) is 0. The Balaban J connectivity index is 1.54. The van der Waals surface area contributed by atoms with Crippen LogP contribution in [-0.4, -0.2) is 22.0 Å². The summed E-state index contributed by atoms with van der Waals surface area (Å²) >= 11 is 8.83. The molecule has 1 aromatic heterocycles. The molecule has 0 radical (unpaired) electrons. The van der Waals surface area contributed by atoms with E-state index in [1.807, 2.05) is 36.4 Å². The predicted molar refractivity (Wildman–Crippen MR) is 109 cm³/mol. The summed E-state index contributed by atoms with van der Waals surface area (Å²) in [4.78, 5) is 14.5. The normalized spacial score (nSPS) is 20.0. The monoisotopic (exact) mass is 430 g/mol. The molecule has 0 atom stereocenters. The van der Waals surface area contributed by atoms with E-state index in [2.05, 4.69) is 21.2 Å². The van der Waals surface area contributed by atoms with Gasteiger partial charge in [0.05, 0.1) is 0 Å². The fourth-order valence-electron chi connectivity index (χ4n) is 3.56. The molecule has 2 heterocycles. The Bertz CT molecular complexity index is 866. The molecule has 1 saturated carbocycles. The third kappa shape index (κ3) is 3.48. The van der Waals surface area contributed by atoms with Gasteiger partial charge in [-0.05, 0) is 49.3 Å². The maximum Gasteiger partial charge on any atom is 0.276 e. The fourth-order valence-corrected chi connectivity index (χ4v) is 4.17. The van der Waals surface area contributed by atoms with Crippen LogP contribution in [0.5, 0.6) is 0 Å². The molecule has 1 aliphatic heterocycles. The number of amides is 1. The van der Waals surface area contributed by atoms with Crippen LogP contribution in [-0.2, 0) is 4.79 Å². The van der Waals surface area contributed by atoms with E-state index in [0.29, 0.717) is 16.6 Å². The highest BCUT2D eigenvalue weighted by molar-refractivity contribution is 9.10. The standard InChI is InChI=1S/C20H19BrN2O2S/c21-14-8-6-13(7-9-14)18-11-10-16(25-18)12-17-19(24)23(20(26)22-17)15-4-2-1-3-5-15/h6-12,15H,1-5H2,(H,22,26)/b17-12-. The van der Waals surface area contributed by atoms with Crippen LogP contribution in [0.2, 0.25) is 0 Å². The summed E-state index contributed by atoms with van der Waals surface area (Å²) in [7, 11) is 0. The molecule has 26 heavy (non-hydrogen) atoms. The van der Waals surface area contributed by atoms with Gasteiger partial charge in [-0.1, -0.05) is 47.3 Å². The van der Waals surface area contributed by atoms with Gasteiger partial charge in [0.2, 0.25) is 0 Å². The second kappa shape index (κ2) is 7.37. The fraction of sp³-hybridized carbons (Fsp3) is 0.300. The number of furan rings is 1. The van der Waals surface area contributed by atoms with Crippen molar-refractivity contribution in [3.05, 3.63) is 52.3 Å². The van der Waals surface area contributed by atoms with Gasteiger partial charge >= 0.3 is 0 Å². The minimum atomic E-state index is -0.0523. The maximum atomic E-state index is 12.8. The summed E-state index contributed by atoms with van der Waals surface area (Å²) in [5.74, 6) is 1.34. The van der Waals surface area contributed by atoms with Crippen LogP contribution in [0.1, 0.15) is 37.9 Å². The van der Waals surface area contributed by atoms with Crippen LogP contribution in [0.4, 0.5) is 0 Å². The van der Waals surface area contributed by atoms with Gasteiger partial charge in [0.15, 0.2) is 5.11 Å². The van der Waals surface area contributed by atoms with E-state index in [4.69, 9.17) is 16.6 Å². The minimum Gasteiger partial charge on any atom is -0.457 e. The highest BCUT2D eigenvalue weighted by Crippen LogP contribution is 2.28. The molecule has 1 aromatic carbocycles. The van der Waals surface area contributed by atoms with Crippen LogP contribution in [0.15, 0.2) is 51.0 Å². The molecule has 2 aromatic rings. The van der Waals surface area contributed by atoms with E-state index >= 15 is 0 Å². The van der Waals surface area contributed by atoms with E-state index in [0.717, 1.165) is 41.5 Å². The average Bonchev–Trinajstić information content (AvgIpc) is 3.21. The first kappa shape index (κ1) is 17.5. The zero-order valence-corrected chi connectivity index (χ0v) is 16.6. The van der Waals surface area contributed by atoms with Gasteiger partial charge in [0, 0.05) is 22.2 Å². The molecule has 6 heteroatoms. The molecule has 1 amide bonds. The van der Waals surface area contributed by atoms with Gasteiger partial charge in [-0.3, -0.25) is 9.69 Å². The minimum absolute atomic E-state index is 0.0523. The van der Waals surface area contributed by atoms with Gasteiger partial charge in [-0.2, -0.15) is 0 Å². The Morgan fingerprint density at radius 1 is 1.12 bits per heavy atom. The molecule has 0 bridgehead atoms. The molecular formula is C20H19BrN2O2S. The van der Waals surface area contributed by atoms with Crippen LogP contribution in [0.25, 0.3) is 17.4 Å². The molecule has 1 saturated heterocycles. The molecule has 4 rings (SSSR count). The molecule has 1 N–H and O–H groups in total. The van der Waals surface area contributed by atoms with Crippen LogP contribution >= 0.6 is 28.1 Å². The van der Waals surface area contributed by atoms with E-state index in [9.17, 15) is 4.79 Å². The van der Waals surface area contributed by atoms with Gasteiger partial charge in [0.1, 0.15) is 17.2 Å². The number of nitrogens with one attached hydrogen (secondary N) is 1. The first-order valence-corrected chi connectivity index (χ1v) is 10.0. The van der Waals surface area contributed by atoms with E-state index in [-0.39, 0.29) is 11.9 Å². The van der Waals surface area contributed by atoms with Crippen molar-refractivity contribution in [1.82, 2.24) is 10.2 Å². The van der Waals surface area contributed by atoms with Crippen molar-refractivity contribution in [2.45, 2.75) is 38.1 Å². The lowest BCUT2D eigenvalue weighted by Gasteiger charge is -2.29. The van der Waals surface area contributed by atoms with Crippen LogP contribution in [0, 0.1) is 0 Å².